The van der Waals surface area contributed by atoms with Gasteiger partial charge in [0.05, 0.1) is 11.9 Å². The van der Waals surface area contributed by atoms with Crippen LogP contribution in [0.15, 0.2) is 18.2 Å². The fourth-order valence-electron chi connectivity index (χ4n) is 2.25. The molecule has 1 amide bonds. The Kier molecular flexibility index (Phi) is 6.68. The van der Waals surface area contributed by atoms with E-state index in [0.29, 0.717) is 23.8 Å². The van der Waals surface area contributed by atoms with Crippen LogP contribution in [0.25, 0.3) is 0 Å². The number of benzene rings is 1. The molecule has 0 radical (unpaired) electrons. The van der Waals surface area contributed by atoms with E-state index in [1.807, 2.05) is 20.8 Å². The van der Waals surface area contributed by atoms with Gasteiger partial charge in [-0.05, 0) is 38.5 Å². The molecule has 1 aromatic carbocycles. The van der Waals surface area contributed by atoms with Gasteiger partial charge < -0.3 is 4.90 Å². The van der Waals surface area contributed by atoms with Gasteiger partial charge in [0.15, 0.2) is 0 Å². The average molecular weight is 347 g/mol. The fourth-order valence-corrected chi connectivity index (χ4v) is 3.39. The largest absolute Gasteiger partial charge is 0.343 e. The molecule has 0 spiro atoms. The second-order valence-corrected chi connectivity index (χ2v) is 7.43. The maximum atomic E-state index is 12.1. The van der Waals surface area contributed by atoms with Crippen LogP contribution >= 0.6 is 11.6 Å². The Bertz CT molecular complexity index is 628. The molecule has 0 unspecified atom stereocenters. The lowest BCUT2D eigenvalue weighted by Crippen LogP contribution is -2.37. The molecule has 0 aliphatic rings. The SMILES string of the molecule is CCN(CC)C(=O)CCN(c1cc(Cl)ccc1C)S(C)(=O)=O. The zero-order valence-electron chi connectivity index (χ0n) is 13.5. The first-order valence-corrected chi connectivity index (χ1v) is 9.45. The van der Waals surface area contributed by atoms with Crippen molar-refractivity contribution in [2.75, 3.05) is 30.2 Å². The Morgan fingerprint density at radius 2 is 1.82 bits per heavy atom. The van der Waals surface area contributed by atoms with E-state index in [4.69, 9.17) is 11.6 Å². The first-order valence-electron chi connectivity index (χ1n) is 7.22. The molecule has 0 bridgehead atoms. The van der Waals surface area contributed by atoms with E-state index < -0.39 is 10.0 Å². The number of halogens is 1. The lowest BCUT2D eigenvalue weighted by molar-refractivity contribution is -0.130. The molecular formula is C15H23ClN2O3S. The van der Waals surface area contributed by atoms with Gasteiger partial charge >= 0.3 is 0 Å². The molecule has 0 atom stereocenters. The summed E-state index contributed by atoms with van der Waals surface area (Å²) in [6, 6.07) is 5.09. The van der Waals surface area contributed by atoms with Crippen LogP contribution in [-0.4, -0.2) is 45.1 Å². The molecule has 0 aliphatic heterocycles. The van der Waals surface area contributed by atoms with Gasteiger partial charge in [0.25, 0.3) is 0 Å². The number of hydrogen-bond acceptors (Lipinski definition) is 3. The predicted octanol–water partition coefficient (Wildman–Crippen LogP) is 2.67. The quantitative estimate of drug-likeness (QED) is 0.762. The highest BCUT2D eigenvalue weighted by Crippen LogP contribution is 2.26. The Hall–Kier alpha value is -1.27. The van der Waals surface area contributed by atoms with Gasteiger partial charge in [-0.25, -0.2) is 8.42 Å². The number of hydrogen-bond donors (Lipinski definition) is 0. The molecule has 1 rings (SSSR count). The van der Waals surface area contributed by atoms with Crippen molar-refractivity contribution in [1.82, 2.24) is 4.90 Å². The lowest BCUT2D eigenvalue weighted by atomic mass is 10.2. The standard InChI is InChI=1S/C15H23ClN2O3S/c1-5-17(6-2)15(19)9-10-18(22(4,20)21)14-11-13(16)8-7-12(14)3/h7-8,11H,5-6,9-10H2,1-4H3. The zero-order valence-corrected chi connectivity index (χ0v) is 15.0. The number of aryl methyl sites for hydroxylation is 1. The number of anilines is 1. The summed E-state index contributed by atoms with van der Waals surface area (Å²) in [5, 5.41) is 0.462. The van der Waals surface area contributed by atoms with Crippen molar-refractivity contribution in [3.63, 3.8) is 0 Å². The molecule has 7 heteroatoms. The van der Waals surface area contributed by atoms with E-state index in [2.05, 4.69) is 0 Å². The normalized spacial score (nSPS) is 11.3. The summed E-state index contributed by atoms with van der Waals surface area (Å²) in [5.74, 6) is -0.0571. The summed E-state index contributed by atoms with van der Waals surface area (Å²) >= 11 is 5.97. The van der Waals surface area contributed by atoms with Gasteiger partial charge in [-0.15, -0.1) is 0 Å². The van der Waals surface area contributed by atoms with Gasteiger partial charge in [0.2, 0.25) is 15.9 Å². The smallest absolute Gasteiger partial charge is 0.232 e. The van der Waals surface area contributed by atoms with E-state index in [9.17, 15) is 13.2 Å². The number of nitrogens with zero attached hydrogens (tertiary/aromatic N) is 2. The van der Waals surface area contributed by atoms with E-state index in [0.717, 1.165) is 11.8 Å². The van der Waals surface area contributed by atoms with Gasteiger partial charge in [-0.1, -0.05) is 17.7 Å². The van der Waals surface area contributed by atoms with Gasteiger partial charge in [-0.2, -0.15) is 0 Å². The van der Waals surface area contributed by atoms with Crippen LogP contribution in [0.4, 0.5) is 5.69 Å². The Morgan fingerprint density at radius 1 is 1.23 bits per heavy atom. The molecule has 0 aliphatic carbocycles. The maximum Gasteiger partial charge on any atom is 0.232 e. The molecular weight excluding hydrogens is 324 g/mol. The average Bonchev–Trinajstić information content (AvgIpc) is 2.42. The number of rotatable bonds is 7. The van der Waals surface area contributed by atoms with Crippen molar-refractivity contribution in [3.05, 3.63) is 28.8 Å². The Labute approximate surface area is 137 Å². The molecule has 0 N–H and O–H groups in total. The predicted molar refractivity (Wildman–Crippen MR) is 90.9 cm³/mol. The van der Waals surface area contributed by atoms with Crippen molar-refractivity contribution in [2.45, 2.75) is 27.2 Å². The summed E-state index contributed by atoms with van der Waals surface area (Å²) < 4.78 is 25.4. The number of carbonyl (C=O) groups is 1. The van der Waals surface area contributed by atoms with E-state index in [1.54, 1.807) is 23.1 Å². The van der Waals surface area contributed by atoms with Crippen molar-refractivity contribution in [2.24, 2.45) is 0 Å². The highest BCUT2D eigenvalue weighted by Gasteiger charge is 2.21. The summed E-state index contributed by atoms with van der Waals surface area (Å²) in [4.78, 5) is 13.8. The summed E-state index contributed by atoms with van der Waals surface area (Å²) in [6.07, 6.45) is 1.27. The first kappa shape index (κ1) is 18.8. The third-order valence-electron chi connectivity index (χ3n) is 3.49. The van der Waals surface area contributed by atoms with Crippen molar-refractivity contribution < 1.29 is 13.2 Å². The monoisotopic (exact) mass is 346 g/mol. The van der Waals surface area contributed by atoms with Crippen molar-refractivity contribution in [3.8, 4) is 0 Å². The number of amides is 1. The molecule has 0 heterocycles. The topological polar surface area (TPSA) is 57.7 Å². The van der Waals surface area contributed by atoms with Crippen molar-refractivity contribution >= 4 is 33.2 Å². The minimum absolute atomic E-state index is 0.0571. The van der Waals surface area contributed by atoms with Crippen LogP contribution in [0.3, 0.4) is 0 Å². The van der Waals surface area contributed by atoms with Crippen LogP contribution in [0, 0.1) is 6.92 Å². The maximum absolute atomic E-state index is 12.1. The molecule has 124 valence electrons. The van der Waals surface area contributed by atoms with Crippen LogP contribution in [0.5, 0.6) is 0 Å². The van der Waals surface area contributed by atoms with Crippen LogP contribution in [0.1, 0.15) is 25.8 Å². The van der Waals surface area contributed by atoms with Crippen LogP contribution in [0.2, 0.25) is 5.02 Å². The van der Waals surface area contributed by atoms with Crippen LogP contribution < -0.4 is 4.31 Å². The second kappa shape index (κ2) is 7.83. The van der Waals surface area contributed by atoms with Crippen molar-refractivity contribution in [1.29, 1.82) is 0 Å². The van der Waals surface area contributed by atoms with E-state index >= 15 is 0 Å². The highest BCUT2D eigenvalue weighted by molar-refractivity contribution is 7.92. The molecule has 0 aromatic heterocycles. The lowest BCUT2D eigenvalue weighted by Gasteiger charge is -2.26. The fraction of sp³-hybridized carbons (Fsp3) is 0.533. The van der Waals surface area contributed by atoms with Gasteiger partial charge in [-0.3, -0.25) is 9.10 Å². The minimum atomic E-state index is -3.49. The molecule has 22 heavy (non-hydrogen) atoms. The zero-order chi connectivity index (χ0) is 16.9. The molecule has 0 saturated heterocycles. The van der Waals surface area contributed by atoms with Crippen LogP contribution in [-0.2, 0) is 14.8 Å². The molecule has 1 aromatic rings. The van der Waals surface area contributed by atoms with E-state index in [1.165, 1.54) is 4.31 Å². The van der Waals surface area contributed by atoms with Gasteiger partial charge in [0, 0.05) is 31.1 Å². The minimum Gasteiger partial charge on any atom is -0.343 e. The third-order valence-corrected chi connectivity index (χ3v) is 4.90. The second-order valence-electron chi connectivity index (χ2n) is 5.08. The van der Waals surface area contributed by atoms with Gasteiger partial charge in [0.1, 0.15) is 0 Å². The summed E-state index contributed by atoms with van der Waals surface area (Å²) in [6.45, 7) is 6.95. The Morgan fingerprint density at radius 3 is 2.32 bits per heavy atom. The highest BCUT2D eigenvalue weighted by atomic mass is 35.5. The number of carbonyl (C=O) groups excluding carboxylic acids is 1. The number of sulfonamides is 1. The summed E-state index contributed by atoms with van der Waals surface area (Å²) in [5.41, 5.74) is 1.31. The molecule has 0 fully saturated rings. The molecule has 5 nitrogen and oxygen atoms in total. The summed E-state index contributed by atoms with van der Waals surface area (Å²) in [7, 11) is -3.49. The van der Waals surface area contributed by atoms with E-state index in [-0.39, 0.29) is 18.9 Å². The third kappa shape index (κ3) is 4.88. The molecule has 0 saturated carbocycles. The first-order chi connectivity index (χ1) is 10.2. The Balaban J connectivity index is 3.02.